The molecule has 5 nitrogen and oxygen atoms in total. The van der Waals surface area contributed by atoms with Gasteiger partial charge in [0, 0.05) is 12.1 Å². The molecular weight excluding hydrogens is 310 g/mol. The molecule has 2 aromatic rings. The first-order valence-electron chi connectivity index (χ1n) is 7.95. The Bertz CT molecular complexity index is 630. The maximum absolute atomic E-state index is 6.09. The smallest absolute Gasteiger partial charge is 0.294 e. The molecule has 1 aromatic carbocycles. The Morgan fingerprint density at radius 2 is 2.09 bits per heavy atom. The predicted octanol–water partition coefficient (Wildman–Crippen LogP) is 3.29. The number of aromatic nitrogens is 2. The van der Waals surface area contributed by atoms with E-state index in [1.165, 1.54) is 16.9 Å². The highest BCUT2D eigenvalue weighted by molar-refractivity contribution is 7.13. The minimum Gasteiger partial charge on any atom is -0.469 e. The second kappa shape index (κ2) is 6.95. The summed E-state index contributed by atoms with van der Waals surface area (Å²) in [4.78, 5) is 2.42. The van der Waals surface area contributed by atoms with Gasteiger partial charge in [0.05, 0.1) is 25.9 Å². The van der Waals surface area contributed by atoms with Gasteiger partial charge < -0.3 is 9.47 Å². The topological polar surface area (TPSA) is 47.5 Å². The molecule has 1 aliphatic rings. The highest BCUT2D eigenvalue weighted by Crippen LogP contribution is 2.32. The highest BCUT2D eigenvalue weighted by Gasteiger charge is 2.36. The average molecular weight is 333 g/mol. The zero-order valence-electron chi connectivity index (χ0n) is 13.9. The van der Waals surface area contributed by atoms with Crippen LogP contribution in [0.5, 0.6) is 5.19 Å². The predicted molar refractivity (Wildman–Crippen MR) is 90.7 cm³/mol. The molecule has 1 atom stereocenters. The summed E-state index contributed by atoms with van der Waals surface area (Å²) in [5.41, 5.74) is 1.20. The van der Waals surface area contributed by atoms with Gasteiger partial charge in [0.2, 0.25) is 0 Å². The molecule has 0 bridgehead atoms. The van der Waals surface area contributed by atoms with Gasteiger partial charge in [-0.05, 0) is 26.3 Å². The Morgan fingerprint density at radius 3 is 2.83 bits per heavy atom. The van der Waals surface area contributed by atoms with Crippen LogP contribution in [0, 0.1) is 0 Å². The summed E-state index contributed by atoms with van der Waals surface area (Å²) in [6.07, 6.45) is 0.100. The van der Waals surface area contributed by atoms with Crippen LogP contribution >= 0.6 is 11.3 Å². The minimum atomic E-state index is -0.0251. The average Bonchev–Trinajstić information content (AvgIpc) is 2.98. The first-order chi connectivity index (χ1) is 11.1. The number of rotatable bonds is 5. The zero-order chi connectivity index (χ0) is 16.3. The van der Waals surface area contributed by atoms with Crippen molar-refractivity contribution < 1.29 is 9.47 Å². The molecule has 0 unspecified atom stereocenters. The van der Waals surface area contributed by atoms with E-state index in [4.69, 9.17) is 9.47 Å². The number of ether oxygens (including phenoxy) is 2. The molecule has 0 radical (unpaired) electrons. The van der Waals surface area contributed by atoms with Gasteiger partial charge in [-0.25, -0.2) is 0 Å². The minimum absolute atomic E-state index is 0.0251. The number of hydrogen-bond donors (Lipinski definition) is 0. The van der Waals surface area contributed by atoms with Gasteiger partial charge >= 0.3 is 0 Å². The second-order valence-corrected chi connectivity index (χ2v) is 7.32. The van der Waals surface area contributed by atoms with Crippen molar-refractivity contribution in [1.82, 2.24) is 15.1 Å². The first-order valence-corrected chi connectivity index (χ1v) is 8.77. The maximum atomic E-state index is 6.09. The molecule has 3 rings (SSSR count). The van der Waals surface area contributed by atoms with Gasteiger partial charge in [-0.15, -0.1) is 10.2 Å². The van der Waals surface area contributed by atoms with Crippen LogP contribution in [0.15, 0.2) is 30.3 Å². The van der Waals surface area contributed by atoms with Crippen LogP contribution in [0.2, 0.25) is 0 Å². The summed E-state index contributed by atoms with van der Waals surface area (Å²) in [7, 11) is 0. The molecule has 6 heteroatoms. The van der Waals surface area contributed by atoms with Crippen molar-refractivity contribution in [2.45, 2.75) is 39.0 Å². The van der Waals surface area contributed by atoms with E-state index in [-0.39, 0.29) is 11.6 Å². The first kappa shape index (κ1) is 16.4. The molecule has 0 spiro atoms. The zero-order valence-corrected chi connectivity index (χ0v) is 14.7. The van der Waals surface area contributed by atoms with Gasteiger partial charge in [-0.1, -0.05) is 41.7 Å². The van der Waals surface area contributed by atoms with Crippen molar-refractivity contribution in [3.8, 4) is 5.19 Å². The van der Waals surface area contributed by atoms with E-state index in [0.29, 0.717) is 18.4 Å². The molecule has 1 aromatic heterocycles. The van der Waals surface area contributed by atoms with Crippen LogP contribution in [0.4, 0.5) is 0 Å². The summed E-state index contributed by atoms with van der Waals surface area (Å²) in [6, 6.07) is 10.4. The van der Waals surface area contributed by atoms with E-state index in [0.717, 1.165) is 18.1 Å². The summed E-state index contributed by atoms with van der Waals surface area (Å²) in [5.74, 6) is 0. The Labute approximate surface area is 141 Å². The van der Waals surface area contributed by atoms with Crippen LogP contribution in [0.1, 0.15) is 37.4 Å². The lowest BCUT2D eigenvalue weighted by molar-refractivity contribution is -0.104. The molecule has 1 aliphatic heterocycles. The van der Waals surface area contributed by atoms with Crippen LogP contribution < -0.4 is 4.74 Å². The molecule has 0 aliphatic carbocycles. The third-order valence-corrected chi connectivity index (χ3v) is 4.91. The van der Waals surface area contributed by atoms with Crippen molar-refractivity contribution in [3.63, 3.8) is 0 Å². The molecule has 0 saturated carbocycles. The van der Waals surface area contributed by atoms with E-state index in [9.17, 15) is 0 Å². The van der Waals surface area contributed by atoms with Crippen molar-refractivity contribution >= 4 is 11.3 Å². The quantitative estimate of drug-likeness (QED) is 0.840. The molecule has 1 fully saturated rings. The maximum Gasteiger partial charge on any atom is 0.294 e. The van der Waals surface area contributed by atoms with Crippen molar-refractivity contribution in [3.05, 3.63) is 40.9 Å². The van der Waals surface area contributed by atoms with Crippen LogP contribution in [-0.2, 0) is 11.3 Å². The molecule has 2 heterocycles. The van der Waals surface area contributed by atoms with Gasteiger partial charge in [-0.3, -0.25) is 4.90 Å². The van der Waals surface area contributed by atoms with Crippen LogP contribution in [-0.4, -0.2) is 40.4 Å². The molecule has 0 amide bonds. The Hall–Kier alpha value is -1.50. The number of nitrogens with zero attached hydrogens (tertiary/aromatic N) is 3. The van der Waals surface area contributed by atoms with Crippen molar-refractivity contribution in [1.29, 1.82) is 0 Å². The Kier molecular flexibility index (Phi) is 4.94. The molecule has 124 valence electrons. The number of benzene rings is 1. The summed E-state index contributed by atoms with van der Waals surface area (Å²) < 4.78 is 11.5. The van der Waals surface area contributed by atoms with Crippen LogP contribution in [0.25, 0.3) is 0 Å². The van der Waals surface area contributed by atoms with Crippen molar-refractivity contribution in [2.75, 3.05) is 19.8 Å². The lowest BCUT2D eigenvalue weighted by atomic mass is 9.98. The Balaban J connectivity index is 1.72. The fraction of sp³-hybridized carbons (Fsp3) is 0.529. The fourth-order valence-electron chi connectivity index (χ4n) is 2.69. The normalized spacial score (nSPS) is 21.3. The lowest BCUT2D eigenvalue weighted by Crippen LogP contribution is -2.53. The van der Waals surface area contributed by atoms with Crippen molar-refractivity contribution in [2.24, 2.45) is 0 Å². The Morgan fingerprint density at radius 1 is 1.30 bits per heavy atom. The second-order valence-electron chi connectivity index (χ2n) is 6.30. The van der Waals surface area contributed by atoms with E-state index in [2.05, 4.69) is 53.2 Å². The molecule has 23 heavy (non-hydrogen) atoms. The fourth-order valence-corrected chi connectivity index (χ4v) is 3.45. The van der Waals surface area contributed by atoms with Gasteiger partial charge in [-0.2, -0.15) is 0 Å². The highest BCUT2D eigenvalue weighted by atomic mass is 32.1. The van der Waals surface area contributed by atoms with Crippen LogP contribution in [0.3, 0.4) is 0 Å². The third kappa shape index (κ3) is 3.88. The SMILES string of the molecule is CCOc1nnc(CN2C[C@H](c3ccccc3)OCC2(C)C)s1. The monoisotopic (exact) mass is 333 g/mol. The summed E-state index contributed by atoms with van der Waals surface area (Å²) >= 11 is 1.52. The summed E-state index contributed by atoms with van der Waals surface area (Å²) in [5, 5.41) is 9.97. The molecule has 1 saturated heterocycles. The third-order valence-electron chi connectivity index (χ3n) is 4.09. The van der Waals surface area contributed by atoms with Gasteiger partial charge in [0.1, 0.15) is 5.01 Å². The standard InChI is InChI=1S/C17H23N3O2S/c1-4-21-16-19-18-15(23-16)11-20-10-14(22-12-17(20,2)3)13-8-6-5-7-9-13/h5-9,14H,4,10-12H2,1-3H3/t14-/m1/s1. The van der Waals surface area contributed by atoms with E-state index >= 15 is 0 Å². The largest absolute Gasteiger partial charge is 0.469 e. The van der Waals surface area contributed by atoms with E-state index in [1.54, 1.807) is 0 Å². The molecule has 0 N–H and O–H groups in total. The number of hydrogen-bond acceptors (Lipinski definition) is 6. The number of morpholine rings is 1. The van der Waals surface area contributed by atoms with E-state index in [1.807, 2.05) is 13.0 Å². The summed E-state index contributed by atoms with van der Waals surface area (Å²) in [6.45, 7) is 9.30. The van der Waals surface area contributed by atoms with E-state index < -0.39 is 0 Å². The van der Waals surface area contributed by atoms with Gasteiger partial charge in [0.25, 0.3) is 5.19 Å². The van der Waals surface area contributed by atoms with Gasteiger partial charge in [0.15, 0.2) is 0 Å². The lowest BCUT2D eigenvalue weighted by Gasteiger charge is -2.45. The molecular formula is C17H23N3O2S.